The zero-order chi connectivity index (χ0) is 13.7. The van der Waals surface area contributed by atoms with E-state index < -0.39 is 17.4 Å². The van der Waals surface area contributed by atoms with Gasteiger partial charge in [-0.3, -0.25) is 4.79 Å². The van der Waals surface area contributed by atoms with Crippen molar-refractivity contribution in [3.8, 4) is 0 Å². The molecule has 0 aliphatic heterocycles. The van der Waals surface area contributed by atoms with Crippen molar-refractivity contribution >= 4 is 11.9 Å². The number of aromatic nitrogens is 2. The normalized spacial score (nSPS) is 18.3. The smallest absolute Gasteiger partial charge is 0.329 e. The quantitative estimate of drug-likeness (QED) is 0.804. The molecule has 0 aromatic carbocycles. The van der Waals surface area contributed by atoms with Crippen molar-refractivity contribution in [1.29, 1.82) is 0 Å². The summed E-state index contributed by atoms with van der Waals surface area (Å²) in [7, 11) is 0. The van der Waals surface area contributed by atoms with Crippen molar-refractivity contribution in [3.63, 3.8) is 0 Å². The minimum absolute atomic E-state index is 0.333. The van der Waals surface area contributed by atoms with Crippen LogP contribution < -0.4 is 5.32 Å². The van der Waals surface area contributed by atoms with Crippen molar-refractivity contribution in [2.75, 3.05) is 0 Å². The molecule has 0 saturated heterocycles. The van der Waals surface area contributed by atoms with Gasteiger partial charge in [0.05, 0.1) is 18.0 Å². The Morgan fingerprint density at radius 3 is 2.37 bits per heavy atom. The van der Waals surface area contributed by atoms with Crippen LogP contribution in [0.4, 0.5) is 0 Å². The van der Waals surface area contributed by atoms with Crippen LogP contribution in [0.3, 0.4) is 0 Å². The average molecular weight is 263 g/mol. The maximum atomic E-state index is 12.1. The van der Waals surface area contributed by atoms with E-state index in [1.807, 2.05) is 0 Å². The lowest BCUT2D eigenvalue weighted by Gasteiger charge is -2.29. The number of rotatable bonds is 3. The highest BCUT2D eigenvalue weighted by molar-refractivity contribution is 5.97. The van der Waals surface area contributed by atoms with Crippen molar-refractivity contribution in [2.24, 2.45) is 0 Å². The van der Waals surface area contributed by atoms with Gasteiger partial charge in [-0.1, -0.05) is 25.7 Å². The molecule has 6 nitrogen and oxygen atoms in total. The number of carbonyl (C=O) groups is 2. The molecule has 1 saturated carbocycles. The number of nitrogens with one attached hydrogen (secondary N) is 1. The van der Waals surface area contributed by atoms with E-state index in [1.54, 1.807) is 0 Å². The van der Waals surface area contributed by atoms with Crippen molar-refractivity contribution in [3.05, 3.63) is 24.0 Å². The molecule has 0 spiro atoms. The predicted octanol–water partition coefficient (Wildman–Crippen LogP) is 1.38. The lowest BCUT2D eigenvalue weighted by Crippen LogP contribution is -2.54. The first-order chi connectivity index (χ1) is 9.14. The largest absolute Gasteiger partial charge is 0.480 e. The van der Waals surface area contributed by atoms with Crippen molar-refractivity contribution in [2.45, 2.75) is 44.1 Å². The van der Waals surface area contributed by atoms with E-state index in [2.05, 4.69) is 15.5 Å². The second kappa shape index (κ2) is 5.77. The van der Waals surface area contributed by atoms with Gasteiger partial charge >= 0.3 is 5.97 Å². The van der Waals surface area contributed by atoms with Crippen LogP contribution in [0.15, 0.2) is 18.5 Å². The van der Waals surface area contributed by atoms with E-state index >= 15 is 0 Å². The molecule has 0 radical (unpaired) electrons. The van der Waals surface area contributed by atoms with Crippen LogP contribution in [-0.4, -0.2) is 32.7 Å². The van der Waals surface area contributed by atoms with Crippen LogP contribution in [0.5, 0.6) is 0 Å². The number of carboxylic acids is 1. The number of hydrogen-bond acceptors (Lipinski definition) is 4. The van der Waals surface area contributed by atoms with Crippen molar-refractivity contribution < 1.29 is 14.7 Å². The number of nitrogens with zero attached hydrogens (tertiary/aromatic N) is 2. The van der Waals surface area contributed by atoms with Gasteiger partial charge < -0.3 is 10.4 Å². The van der Waals surface area contributed by atoms with E-state index in [4.69, 9.17) is 0 Å². The molecule has 0 atom stereocenters. The van der Waals surface area contributed by atoms with Gasteiger partial charge in [0.25, 0.3) is 5.91 Å². The molecule has 1 aromatic rings. The summed E-state index contributed by atoms with van der Waals surface area (Å²) in [5.41, 5.74) is -0.809. The molecular formula is C13H17N3O3. The molecule has 1 heterocycles. The number of amides is 1. The van der Waals surface area contributed by atoms with Gasteiger partial charge in [0, 0.05) is 0 Å². The summed E-state index contributed by atoms with van der Waals surface area (Å²) in [6.45, 7) is 0. The number of aliphatic carboxylic acids is 1. The fourth-order valence-electron chi connectivity index (χ4n) is 2.44. The Bertz CT molecular complexity index is 453. The van der Waals surface area contributed by atoms with Crippen LogP contribution in [0.25, 0.3) is 0 Å². The third-order valence-corrected chi connectivity index (χ3v) is 3.57. The molecule has 0 unspecified atom stereocenters. The van der Waals surface area contributed by atoms with Gasteiger partial charge in [-0.15, -0.1) is 0 Å². The number of carbonyl (C=O) groups excluding carboxylic acids is 1. The van der Waals surface area contributed by atoms with Gasteiger partial charge in [0.1, 0.15) is 5.54 Å². The summed E-state index contributed by atoms with van der Waals surface area (Å²) in [6, 6.07) is 1.52. The highest BCUT2D eigenvalue weighted by Crippen LogP contribution is 2.27. The molecule has 6 heteroatoms. The Kier molecular flexibility index (Phi) is 4.09. The topological polar surface area (TPSA) is 92.2 Å². The minimum atomic E-state index is -1.14. The van der Waals surface area contributed by atoms with Crippen LogP contribution >= 0.6 is 0 Å². The summed E-state index contributed by atoms with van der Waals surface area (Å²) in [5.74, 6) is -1.36. The van der Waals surface area contributed by atoms with E-state index in [9.17, 15) is 14.7 Å². The molecular weight excluding hydrogens is 246 g/mol. The molecule has 1 aliphatic carbocycles. The zero-order valence-corrected chi connectivity index (χ0v) is 10.6. The average Bonchev–Trinajstić information content (AvgIpc) is 2.66. The Morgan fingerprint density at radius 1 is 1.16 bits per heavy atom. The first-order valence-electron chi connectivity index (χ1n) is 6.47. The van der Waals surface area contributed by atoms with Crippen molar-refractivity contribution in [1.82, 2.24) is 15.5 Å². The maximum Gasteiger partial charge on any atom is 0.329 e. The molecule has 1 aliphatic rings. The molecule has 102 valence electrons. The van der Waals surface area contributed by atoms with Gasteiger partial charge in [0.15, 0.2) is 0 Å². The Labute approximate surface area is 111 Å². The maximum absolute atomic E-state index is 12.1. The number of carboxylic acid groups (broad SMARTS) is 1. The lowest BCUT2D eigenvalue weighted by atomic mass is 9.90. The second-order valence-electron chi connectivity index (χ2n) is 4.89. The molecule has 19 heavy (non-hydrogen) atoms. The summed E-state index contributed by atoms with van der Waals surface area (Å²) in [4.78, 5) is 23.6. The summed E-state index contributed by atoms with van der Waals surface area (Å²) in [6.07, 6.45) is 7.38. The van der Waals surface area contributed by atoms with Gasteiger partial charge in [-0.25, -0.2) is 4.79 Å². The third-order valence-electron chi connectivity index (χ3n) is 3.57. The van der Waals surface area contributed by atoms with Gasteiger partial charge in [-0.2, -0.15) is 10.2 Å². The van der Waals surface area contributed by atoms with E-state index in [1.165, 1.54) is 18.5 Å². The fraction of sp³-hybridized carbons (Fsp3) is 0.538. The second-order valence-corrected chi connectivity index (χ2v) is 4.89. The predicted molar refractivity (Wildman–Crippen MR) is 67.6 cm³/mol. The Morgan fingerprint density at radius 2 is 1.84 bits per heavy atom. The lowest BCUT2D eigenvalue weighted by molar-refractivity contribution is -0.145. The fourth-order valence-corrected chi connectivity index (χ4v) is 2.44. The van der Waals surface area contributed by atoms with Gasteiger partial charge in [-0.05, 0) is 18.9 Å². The molecule has 1 amide bonds. The minimum Gasteiger partial charge on any atom is -0.480 e. The third kappa shape index (κ3) is 3.07. The van der Waals surface area contributed by atoms with Crippen LogP contribution in [0.2, 0.25) is 0 Å². The SMILES string of the molecule is O=C(NC1(C(=O)O)CCCCCC1)c1ccnnc1. The molecule has 2 N–H and O–H groups in total. The monoisotopic (exact) mass is 263 g/mol. The Hall–Kier alpha value is -1.98. The number of hydrogen-bond donors (Lipinski definition) is 2. The summed E-state index contributed by atoms with van der Waals surface area (Å²) in [5, 5.41) is 19.4. The zero-order valence-electron chi connectivity index (χ0n) is 10.6. The summed E-state index contributed by atoms with van der Waals surface area (Å²) < 4.78 is 0. The van der Waals surface area contributed by atoms with Crippen LogP contribution in [-0.2, 0) is 4.79 Å². The van der Waals surface area contributed by atoms with E-state index in [0.717, 1.165) is 25.7 Å². The van der Waals surface area contributed by atoms with E-state index in [-0.39, 0.29) is 0 Å². The highest BCUT2D eigenvalue weighted by Gasteiger charge is 2.40. The van der Waals surface area contributed by atoms with Gasteiger partial charge in [0.2, 0.25) is 0 Å². The highest BCUT2D eigenvalue weighted by atomic mass is 16.4. The molecule has 1 fully saturated rings. The standard InChI is InChI=1S/C13H17N3O3/c17-11(10-5-8-14-15-9-10)16-13(12(18)19)6-3-1-2-4-7-13/h5,8-9H,1-4,6-7H2,(H,16,17)(H,18,19). The Balaban J connectivity index is 2.17. The van der Waals surface area contributed by atoms with E-state index in [0.29, 0.717) is 18.4 Å². The first kappa shape index (κ1) is 13.5. The summed E-state index contributed by atoms with van der Waals surface area (Å²) >= 11 is 0. The van der Waals surface area contributed by atoms with Crippen LogP contribution in [0, 0.1) is 0 Å². The molecule has 0 bridgehead atoms. The van der Waals surface area contributed by atoms with Crippen LogP contribution in [0.1, 0.15) is 48.9 Å². The molecule has 2 rings (SSSR count). The molecule has 1 aromatic heterocycles. The first-order valence-corrected chi connectivity index (χ1v) is 6.47.